The normalized spacial score (nSPS) is 13.6. The van der Waals surface area contributed by atoms with Gasteiger partial charge in [0.2, 0.25) is 0 Å². The van der Waals surface area contributed by atoms with Crippen molar-refractivity contribution in [2.45, 2.75) is 91.9 Å². The summed E-state index contributed by atoms with van der Waals surface area (Å²) >= 11 is 14.7. The molecule has 0 saturated carbocycles. The Balaban J connectivity index is 1.56. The van der Waals surface area contributed by atoms with Crippen molar-refractivity contribution >= 4 is 100 Å². The summed E-state index contributed by atoms with van der Waals surface area (Å²) < 4.78 is 17.0. The number of halogens is 2. The minimum absolute atomic E-state index is 0.740. The van der Waals surface area contributed by atoms with E-state index in [0.717, 1.165) is 24.7 Å². The van der Waals surface area contributed by atoms with Crippen molar-refractivity contribution in [2.24, 2.45) is 11.8 Å². The lowest BCUT2D eigenvalue weighted by atomic mass is 9.92. The van der Waals surface area contributed by atoms with Crippen LogP contribution in [0.5, 0.6) is 0 Å². The lowest BCUT2D eigenvalue weighted by molar-refractivity contribution is 0.449. The van der Waals surface area contributed by atoms with Crippen LogP contribution in [0.3, 0.4) is 0 Å². The van der Waals surface area contributed by atoms with E-state index < -0.39 is 0 Å². The molecule has 4 heterocycles. The molecule has 0 aliphatic carbocycles. The highest BCUT2D eigenvalue weighted by molar-refractivity contribution is 9.11. The van der Waals surface area contributed by atoms with Crippen LogP contribution in [0.2, 0.25) is 0 Å². The van der Waals surface area contributed by atoms with Gasteiger partial charge < -0.3 is 0 Å². The molecule has 4 nitrogen and oxygen atoms in total. The third-order valence-corrected chi connectivity index (χ3v) is 13.4. The van der Waals surface area contributed by atoms with Crippen LogP contribution in [0.4, 0.5) is 0 Å². The number of hydrogen-bond donors (Lipinski definition) is 4. The topological polar surface area (TPSA) is 63.2 Å². The molecule has 5 aromatic rings. The van der Waals surface area contributed by atoms with Crippen LogP contribution in [-0.2, 0) is 12.8 Å². The second kappa shape index (κ2) is 14.1. The number of fused-ring (bicyclic) bond motifs is 2. The predicted octanol–water partition coefficient (Wildman–Crippen LogP) is 13.1. The van der Waals surface area contributed by atoms with Gasteiger partial charge in [-0.1, -0.05) is 79.1 Å². The van der Waals surface area contributed by atoms with Gasteiger partial charge in [0.15, 0.2) is 0 Å². The monoisotopic (exact) mass is 742 g/mol. The van der Waals surface area contributed by atoms with Crippen molar-refractivity contribution in [3.8, 4) is 20.9 Å². The molecule has 4 N–H and O–H groups in total. The summed E-state index contributed by atoms with van der Waals surface area (Å²) in [4.78, 5) is 2.60. The van der Waals surface area contributed by atoms with Gasteiger partial charge >= 0.3 is 0 Å². The van der Waals surface area contributed by atoms with Gasteiger partial charge in [-0.2, -0.15) is 0 Å². The zero-order valence-corrected chi connectivity index (χ0v) is 30.2. The van der Waals surface area contributed by atoms with Crippen molar-refractivity contribution < 1.29 is 0 Å². The third kappa shape index (κ3) is 6.42. The van der Waals surface area contributed by atoms with Crippen LogP contribution in [0.1, 0.15) is 90.2 Å². The molecule has 0 radical (unpaired) electrons. The number of unbranched alkanes of at least 4 members (excludes halogenated alkanes) is 2. The number of thiophene rings is 2. The standard InChI is InChI=1S/C30H40Br2N4S4/c1-5-9-11-17(7-3)13-19-15-21(37-29(19)31)23-25-27(35-39-33-25)24(28-26(23)34-40-36-28)22-16-20(30(32)38-22)14-18(8-4)12-10-6-2/h15-18,33-36H,5-14H2,1-4H3. The van der Waals surface area contributed by atoms with Gasteiger partial charge in [-0.3, -0.25) is 17.5 Å². The van der Waals surface area contributed by atoms with E-state index in [-0.39, 0.29) is 0 Å². The van der Waals surface area contributed by atoms with E-state index in [9.17, 15) is 0 Å². The number of rotatable bonds is 14. The summed E-state index contributed by atoms with van der Waals surface area (Å²) in [6.07, 6.45) is 12.5. The summed E-state index contributed by atoms with van der Waals surface area (Å²) in [5.41, 5.74) is 10.1. The minimum atomic E-state index is 0.740. The van der Waals surface area contributed by atoms with Crippen molar-refractivity contribution in [1.29, 1.82) is 0 Å². The zero-order valence-electron chi connectivity index (χ0n) is 23.8. The number of H-pyrrole nitrogens is 4. The predicted molar refractivity (Wildman–Crippen MR) is 188 cm³/mol. The van der Waals surface area contributed by atoms with E-state index in [1.807, 2.05) is 22.7 Å². The lowest BCUT2D eigenvalue weighted by Crippen LogP contribution is -2.02. The molecule has 218 valence electrons. The number of benzene rings is 1. The summed E-state index contributed by atoms with van der Waals surface area (Å²) in [6.45, 7) is 9.25. The molecule has 2 atom stereocenters. The Kier molecular flexibility index (Phi) is 10.8. The molecule has 4 aromatic heterocycles. The van der Waals surface area contributed by atoms with Gasteiger partial charge in [-0.15, -0.1) is 22.7 Å². The fraction of sp³-hybridized carbons (Fsp3) is 0.533. The maximum Gasteiger partial charge on any atom is 0.0850 e. The molecule has 0 amide bonds. The molecule has 0 fully saturated rings. The summed E-state index contributed by atoms with van der Waals surface area (Å²) in [5, 5.41) is 0. The average Bonchev–Trinajstić information content (AvgIpc) is 3.75. The third-order valence-electron chi connectivity index (χ3n) is 8.22. The Bertz CT molecular complexity index is 1400. The van der Waals surface area contributed by atoms with Crippen LogP contribution in [0.15, 0.2) is 19.7 Å². The molecular formula is C30H40Br2N4S4. The second-order valence-corrected chi connectivity index (χ2v) is 16.9. The Morgan fingerprint density at radius 1 is 0.625 bits per heavy atom. The molecule has 40 heavy (non-hydrogen) atoms. The molecule has 0 bridgehead atoms. The van der Waals surface area contributed by atoms with Crippen molar-refractivity contribution in [3.63, 3.8) is 0 Å². The average molecular weight is 745 g/mol. The van der Waals surface area contributed by atoms with E-state index in [1.165, 1.54) is 113 Å². The summed E-state index contributed by atoms with van der Waals surface area (Å²) in [6, 6.07) is 4.85. The Morgan fingerprint density at radius 3 is 1.32 bits per heavy atom. The van der Waals surface area contributed by atoms with E-state index in [4.69, 9.17) is 0 Å². The van der Waals surface area contributed by atoms with Gasteiger partial charge in [0, 0.05) is 44.3 Å². The molecule has 10 heteroatoms. The first-order valence-electron chi connectivity index (χ1n) is 14.7. The largest absolute Gasteiger partial charge is 0.294 e. The summed E-state index contributed by atoms with van der Waals surface area (Å²) in [7, 11) is 0. The second-order valence-electron chi connectivity index (χ2n) is 10.9. The van der Waals surface area contributed by atoms with Crippen LogP contribution in [-0.4, -0.2) is 17.5 Å². The van der Waals surface area contributed by atoms with E-state index in [0.29, 0.717) is 0 Å². The number of aromatic amines is 4. The Hall–Kier alpha value is -0.780. The van der Waals surface area contributed by atoms with Crippen LogP contribution in [0.25, 0.3) is 42.9 Å². The molecule has 0 saturated heterocycles. The quantitative estimate of drug-likeness (QED) is 0.0875. The van der Waals surface area contributed by atoms with Gasteiger partial charge in [0.1, 0.15) is 0 Å². The first-order valence-corrected chi connectivity index (χ1v) is 19.5. The first-order chi connectivity index (χ1) is 19.5. The molecule has 0 aliphatic rings. The molecule has 2 unspecified atom stereocenters. The van der Waals surface area contributed by atoms with E-state index in [2.05, 4.69) is 89.2 Å². The number of aromatic nitrogens is 4. The molecule has 0 spiro atoms. The molecule has 5 rings (SSSR count). The zero-order chi connectivity index (χ0) is 28.2. The van der Waals surface area contributed by atoms with Gasteiger partial charge in [-0.05, 0) is 79.8 Å². The fourth-order valence-electron chi connectivity index (χ4n) is 5.75. The Morgan fingerprint density at radius 2 is 1.00 bits per heavy atom. The van der Waals surface area contributed by atoms with Gasteiger partial charge in [0.05, 0.1) is 29.6 Å². The van der Waals surface area contributed by atoms with Crippen molar-refractivity contribution in [3.05, 3.63) is 30.8 Å². The van der Waals surface area contributed by atoms with E-state index in [1.54, 1.807) is 23.5 Å². The van der Waals surface area contributed by atoms with Crippen LogP contribution in [0, 0.1) is 11.8 Å². The summed E-state index contributed by atoms with van der Waals surface area (Å²) in [5.74, 6) is 1.48. The first kappa shape index (κ1) is 30.7. The van der Waals surface area contributed by atoms with Crippen LogP contribution < -0.4 is 0 Å². The van der Waals surface area contributed by atoms with Crippen molar-refractivity contribution in [1.82, 2.24) is 17.5 Å². The maximum atomic E-state index is 3.94. The highest BCUT2D eigenvalue weighted by Gasteiger charge is 2.24. The van der Waals surface area contributed by atoms with E-state index >= 15 is 0 Å². The highest BCUT2D eigenvalue weighted by atomic mass is 79.9. The minimum Gasteiger partial charge on any atom is -0.294 e. The number of hydrogen-bond acceptors (Lipinski definition) is 4. The molecular weight excluding hydrogens is 704 g/mol. The number of nitrogens with one attached hydrogen (secondary N) is 4. The SMILES string of the molecule is CCCCC(CC)Cc1cc(-c2c3[nH]s[nH]c3c(-c3cc(CC(CC)CCCC)c(Br)s3)c3[nH]s[nH]c23)sc1Br. The smallest absolute Gasteiger partial charge is 0.0850 e. The van der Waals surface area contributed by atoms with Gasteiger partial charge in [-0.25, -0.2) is 0 Å². The maximum absolute atomic E-state index is 3.94. The molecule has 1 aromatic carbocycles. The molecule has 0 aliphatic heterocycles. The lowest BCUT2D eigenvalue weighted by Gasteiger charge is -2.13. The Labute approximate surface area is 270 Å². The fourth-order valence-corrected chi connectivity index (χ4v) is 10.6. The highest BCUT2D eigenvalue weighted by Crippen LogP contribution is 2.48. The van der Waals surface area contributed by atoms with Gasteiger partial charge in [0.25, 0.3) is 0 Å². The van der Waals surface area contributed by atoms with Crippen molar-refractivity contribution in [2.75, 3.05) is 0 Å². The van der Waals surface area contributed by atoms with Crippen LogP contribution >= 0.6 is 78.0 Å².